The Bertz CT molecular complexity index is 511. The number of methoxy groups -OCH3 is 1. The summed E-state index contributed by atoms with van der Waals surface area (Å²) in [6.45, 7) is 0. The predicted octanol–water partition coefficient (Wildman–Crippen LogP) is 0.813. The Labute approximate surface area is 94.1 Å². The first-order chi connectivity index (χ1) is 7.59. The topological polar surface area (TPSA) is 68.3 Å². The van der Waals surface area contributed by atoms with Crippen LogP contribution in [-0.4, -0.2) is 32.3 Å². The van der Waals surface area contributed by atoms with E-state index in [-0.39, 0.29) is 11.8 Å². The summed E-state index contributed by atoms with van der Waals surface area (Å²) in [5, 5.41) is 4.24. The molecule has 1 aliphatic heterocycles. The van der Waals surface area contributed by atoms with E-state index in [1.54, 1.807) is 24.3 Å². The molecule has 0 fully saturated rings. The fourth-order valence-electron chi connectivity index (χ4n) is 1.46. The molecule has 0 aliphatic carbocycles. The van der Waals surface area contributed by atoms with E-state index in [4.69, 9.17) is 4.74 Å². The minimum absolute atomic E-state index is 0.0753. The molecule has 2 heterocycles. The van der Waals surface area contributed by atoms with E-state index >= 15 is 0 Å². The van der Waals surface area contributed by atoms with Gasteiger partial charge in [0.2, 0.25) is 5.88 Å². The second kappa shape index (κ2) is 4.13. The zero-order chi connectivity index (χ0) is 11.6. The highest BCUT2D eigenvalue weighted by Gasteiger charge is 2.21. The van der Waals surface area contributed by atoms with Gasteiger partial charge in [0.1, 0.15) is 5.82 Å². The van der Waals surface area contributed by atoms with Crippen LogP contribution in [0.3, 0.4) is 0 Å². The smallest absolute Gasteiger partial charge is 0.214 e. The largest absolute Gasteiger partial charge is 0.481 e. The quantitative estimate of drug-likeness (QED) is 0.847. The fourth-order valence-corrected chi connectivity index (χ4v) is 2.70. The lowest BCUT2D eigenvalue weighted by atomic mass is 10.3. The third-order valence-electron chi connectivity index (χ3n) is 2.20. The van der Waals surface area contributed by atoms with Crippen molar-refractivity contribution >= 4 is 15.7 Å². The number of anilines is 1. The lowest BCUT2D eigenvalue weighted by molar-refractivity contribution is 0.398. The summed E-state index contributed by atoms with van der Waals surface area (Å²) in [5.41, 5.74) is 0. The van der Waals surface area contributed by atoms with Crippen LogP contribution in [0, 0.1) is 0 Å². The molecule has 1 atom stereocenters. The van der Waals surface area contributed by atoms with Gasteiger partial charge in [-0.2, -0.15) is 4.98 Å². The number of nitrogens with one attached hydrogen (secondary N) is 1. The van der Waals surface area contributed by atoms with Crippen molar-refractivity contribution in [1.29, 1.82) is 0 Å². The lowest BCUT2D eigenvalue weighted by Crippen LogP contribution is -2.21. The van der Waals surface area contributed by atoms with Crippen molar-refractivity contribution in [2.75, 3.05) is 18.2 Å². The average molecular weight is 240 g/mol. The molecule has 1 aromatic heterocycles. The van der Waals surface area contributed by atoms with Crippen molar-refractivity contribution in [3.63, 3.8) is 0 Å². The van der Waals surface area contributed by atoms with Gasteiger partial charge in [-0.25, -0.2) is 8.42 Å². The minimum Gasteiger partial charge on any atom is -0.481 e. The molecule has 0 spiro atoms. The maximum absolute atomic E-state index is 11.2. The van der Waals surface area contributed by atoms with Gasteiger partial charge in [-0.3, -0.25) is 0 Å². The van der Waals surface area contributed by atoms with E-state index < -0.39 is 9.84 Å². The third kappa shape index (κ3) is 2.52. The van der Waals surface area contributed by atoms with Crippen molar-refractivity contribution in [3.8, 4) is 5.88 Å². The summed E-state index contributed by atoms with van der Waals surface area (Å²) in [6, 6.07) is 5.07. The van der Waals surface area contributed by atoms with E-state index in [0.29, 0.717) is 11.7 Å². The van der Waals surface area contributed by atoms with Crippen LogP contribution in [0.5, 0.6) is 5.88 Å². The summed E-state index contributed by atoms with van der Waals surface area (Å²) < 4.78 is 27.3. The Balaban J connectivity index is 2.08. The number of hydrogen-bond acceptors (Lipinski definition) is 5. The van der Waals surface area contributed by atoms with Gasteiger partial charge in [0.15, 0.2) is 9.84 Å². The predicted molar refractivity (Wildman–Crippen MR) is 61.1 cm³/mol. The SMILES string of the molecule is COc1cccc(NC2C=CS(=O)(=O)C2)n1. The van der Waals surface area contributed by atoms with Crippen LogP contribution < -0.4 is 10.1 Å². The van der Waals surface area contributed by atoms with Gasteiger partial charge in [-0.1, -0.05) is 6.07 Å². The third-order valence-corrected chi connectivity index (χ3v) is 3.59. The molecule has 0 saturated heterocycles. The van der Waals surface area contributed by atoms with E-state index in [0.717, 1.165) is 0 Å². The maximum Gasteiger partial charge on any atom is 0.214 e. The summed E-state index contributed by atoms with van der Waals surface area (Å²) in [5.74, 6) is 1.17. The van der Waals surface area contributed by atoms with Crippen LogP contribution in [0.1, 0.15) is 0 Å². The number of aromatic nitrogens is 1. The Morgan fingerprint density at radius 2 is 2.31 bits per heavy atom. The molecule has 1 aliphatic rings. The van der Waals surface area contributed by atoms with Crippen LogP contribution >= 0.6 is 0 Å². The van der Waals surface area contributed by atoms with Gasteiger partial charge in [-0.05, 0) is 12.1 Å². The number of pyridine rings is 1. The first-order valence-corrected chi connectivity index (χ1v) is 6.49. The van der Waals surface area contributed by atoms with Gasteiger partial charge in [0.25, 0.3) is 0 Å². The Hall–Kier alpha value is -1.56. The molecule has 5 nitrogen and oxygen atoms in total. The number of nitrogens with zero attached hydrogens (tertiary/aromatic N) is 1. The van der Waals surface area contributed by atoms with E-state index in [2.05, 4.69) is 10.3 Å². The zero-order valence-electron chi connectivity index (χ0n) is 8.75. The molecule has 0 radical (unpaired) electrons. The molecule has 6 heteroatoms. The highest BCUT2D eigenvalue weighted by molar-refractivity contribution is 7.94. The molecular weight excluding hydrogens is 228 g/mol. The van der Waals surface area contributed by atoms with Gasteiger partial charge >= 0.3 is 0 Å². The molecule has 0 bridgehead atoms. The van der Waals surface area contributed by atoms with Crippen LogP contribution in [0.4, 0.5) is 5.82 Å². The minimum atomic E-state index is -3.03. The second-order valence-electron chi connectivity index (χ2n) is 3.47. The molecule has 16 heavy (non-hydrogen) atoms. The van der Waals surface area contributed by atoms with Gasteiger partial charge in [0.05, 0.1) is 18.9 Å². The number of sulfone groups is 1. The molecule has 86 valence electrons. The van der Waals surface area contributed by atoms with Crippen LogP contribution in [-0.2, 0) is 9.84 Å². The van der Waals surface area contributed by atoms with E-state index in [9.17, 15) is 8.42 Å². The summed E-state index contributed by atoms with van der Waals surface area (Å²) in [6.07, 6.45) is 1.62. The summed E-state index contributed by atoms with van der Waals surface area (Å²) >= 11 is 0. The Kier molecular flexibility index (Phi) is 2.82. The van der Waals surface area contributed by atoms with Crippen molar-refractivity contribution in [1.82, 2.24) is 4.98 Å². The zero-order valence-corrected chi connectivity index (χ0v) is 9.57. The number of ether oxygens (including phenoxy) is 1. The van der Waals surface area contributed by atoms with Crippen LogP contribution in [0.15, 0.2) is 29.7 Å². The molecular formula is C10H12N2O3S. The van der Waals surface area contributed by atoms with Gasteiger partial charge in [0, 0.05) is 11.5 Å². The summed E-state index contributed by atoms with van der Waals surface area (Å²) in [7, 11) is -1.50. The molecule has 0 amide bonds. The monoisotopic (exact) mass is 240 g/mol. The first kappa shape index (κ1) is 10.9. The lowest BCUT2D eigenvalue weighted by Gasteiger charge is -2.10. The van der Waals surface area contributed by atoms with E-state index in [1.165, 1.54) is 12.5 Å². The van der Waals surface area contributed by atoms with Crippen LogP contribution in [0.2, 0.25) is 0 Å². The Morgan fingerprint density at radius 3 is 2.94 bits per heavy atom. The standard InChI is InChI=1S/C10H12N2O3S/c1-15-10-4-2-3-9(12-10)11-8-5-6-16(13,14)7-8/h2-6,8H,7H2,1H3,(H,11,12). The molecule has 0 saturated carbocycles. The van der Waals surface area contributed by atoms with Crippen LogP contribution in [0.25, 0.3) is 0 Å². The Morgan fingerprint density at radius 1 is 1.50 bits per heavy atom. The molecule has 1 N–H and O–H groups in total. The normalized spacial score (nSPS) is 21.9. The molecule has 0 aromatic carbocycles. The van der Waals surface area contributed by atoms with Crippen molar-refractivity contribution in [2.45, 2.75) is 6.04 Å². The first-order valence-electron chi connectivity index (χ1n) is 4.77. The van der Waals surface area contributed by atoms with Gasteiger partial charge < -0.3 is 10.1 Å². The molecule has 1 unspecified atom stereocenters. The highest BCUT2D eigenvalue weighted by Crippen LogP contribution is 2.15. The second-order valence-corrected chi connectivity index (χ2v) is 5.41. The highest BCUT2D eigenvalue weighted by atomic mass is 32.2. The number of rotatable bonds is 3. The van der Waals surface area contributed by atoms with Gasteiger partial charge in [-0.15, -0.1) is 0 Å². The summed E-state index contributed by atoms with van der Waals surface area (Å²) in [4.78, 5) is 4.14. The van der Waals surface area contributed by atoms with Crippen molar-refractivity contribution in [3.05, 3.63) is 29.7 Å². The molecule has 1 aromatic rings. The fraction of sp³-hybridized carbons (Fsp3) is 0.300. The van der Waals surface area contributed by atoms with Crippen molar-refractivity contribution < 1.29 is 13.2 Å². The van der Waals surface area contributed by atoms with E-state index in [1.807, 2.05) is 0 Å². The van der Waals surface area contributed by atoms with Crippen molar-refractivity contribution in [2.24, 2.45) is 0 Å². The maximum atomic E-state index is 11.2. The number of hydrogen-bond donors (Lipinski definition) is 1. The molecule has 2 rings (SSSR count). The average Bonchev–Trinajstić information content (AvgIpc) is 2.58.